The summed E-state index contributed by atoms with van der Waals surface area (Å²) in [5.74, 6) is -1.02. The minimum absolute atomic E-state index is 0.0722. The highest BCUT2D eigenvalue weighted by Gasteiger charge is 2.38. The number of aromatic hydroxyl groups is 1. The third-order valence-corrected chi connectivity index (χ3v) is 5.25. The number of phenols is 1. The molecule has 2 aromatic rings. The Morgan fingerprint density at radius 3 is 2.24 bits per heavy atom. The van der Waals surface area contributed by atoms with Crippen molar-refractivity contribution in [2.45, 2.75) is 12.5 Å². The van der Waals surface area contributed by atoms with Gasteiger partial charge in [0, 0.05) is 32.6 Å². The fourth-order valence-electron chi connectivity index (χ4n) is 3.72. The van der Waals surface area contributed by atoms with Gasteiger partial charge < -0.3 is 20.0 Å². The van der Waals surface area contributed by atoms with E-state index in [2.05, 4.69) is 5.10 Å². The molecular formula is C21H22N4O4. The van der Waals surface area contributed by atoms with Crippen LogP contribution in [0.4, 0.5) is 11.4 Å². The van der Waals surface area contributed by atoms with Crippen LogP contribution in [0.3, 0.4) is 0 Å². The maximum Gasteiger partial charge on any atom is 0.328 e. The summed E-state index contributed by atoms with van der Waals surface area (Å²) in [5, 5.41) is 25.4. The van der Waals surface area contributed by atoms with Gasteiger partial charge in [-0.15, -0.1) is 0 Å². The molecule has 2 aliphatic heterocycles. The first-order valence-electron chi connectivity index (χ1n) is 9.51. The number of rotatable bonds is 4. The van der Waals surface area contributed by atoms with Gasteiger partial charge in [-0.3, -0.25) is 9.80 Å². The van der Waals surface area contributed by atoms with Crippen LogP contribution in [0.15, 0.2) is 59.7 Å². The third-order valence-electron chi connectivity index (χ3n) is 5.25. The molecule has 4 rings (SSSR count). The topological polar surface area (TPSA) is 96.7 Å². The summed E-state index contributed by atoms with van der Waals surface area (Å²) in [4.78, 5) is 28.4. The van der Waals surface area contributed by atoms with E-state index in [0.717, 1.165) is 5.69 Å². The van der Waals surface area contributed by atoms with Crippen molar-refractivity contribution in [2.75, 3.05) is 36.1 Å². The lowest BCUT2D eigenvalue weighted by Gasteiger charge is -2.36. The van der Waals surface area contributed by atoms with Crippen LogP contribution in [0.25, 0.3) is 0 Å². The second-order valence-corrected chi connectivity index (χ2v) is 7.05. The highest BCUT2D eigenvalue weighted by Crippen LogP contribution is 2.28. The molecule has 0 spiro atoms. The zero-order valence-electron chi connectivity index (χ0n) is 15.8. The van der Waals surface area contributed by atoms with E-state index in [1.54, 1.807) is 29.2 Å². The Hall–Kier alpha value is -3.55. The molecule has 1 fully saturated rings. The van der Waals surface area contributed by atoms with Crippen LogP contribution >= 0.6 is 0 Å². The number of anilines is 2. The van der Waals surface area contributed by atoms with Crippen LogP contribution in [0.5, 0.6) is 5.75 Å². The number of carbonyl (C=O) groups is 2. The summed E-state index contributed by atoms with van der Waals surface area (Å²) in [7, 11) is 0. The van der Waals surface area contributed by atoms with Crippen LogP contribution in [0.1, 0.15) is 6.42 Å². The summed E-state index contributed by atoms with van der Waals surface area (Å²) in [6, 6.07) is 15.2. The zero-order chi connectivity index (χ0) is 20.4. The van der Waals surface area contributed by atoms with Crippen LogP contribution < -0.4 is 9.91 Å². The maximum atomic E-state index is 13.0. The molecular weight excluding hydrogens is 372 g/mol. The van der Waals surface area contributed by atoms with Gasteiger partial charge in [-0.25, -0.2) is 4.79 Å². The van der Waals surface area contributed by atoms with Crippen LogP contribution in [-0.4, -0.2) is 64.9 Å². The summed E-state index contributed by atoms with van der Waals surface area (Å²) >= 11 is 0. The molecule has 0 radical (unpaired) electrons. The molecule has 2 N–H and O–H groups in total. The first-order chi connectivity index (χ1) is 14.0. The Morgan fingerprint density at radius 2 is 1.59 bits per heavy atom. The number of carboxylic acid groups (broad SMARTS) is 1. The zero-order valence-corrected chi connectivity index (χ0v) is 15.8. The minimum atomic E-state index is -1.01. The van der Waals surface area contributed by atoms with Gasteiger partial charge in [0.15, 0.2) is 6.04 Å². The number of hydrazone groups is 1. The number of carboxylic acids is 1. The molecule has 0 aromatic heterocycles. The van der Waals surface area contributed by atoms with E-state index in [9.17, 15) is 19.8 Å². The van der Waals surface area contributed by atoms with E-state index >= 15 is 0 Å². The van der Waals surface area contributed by atoms with Gasteiger partial charge in [0.25, 0.3) is 5.91 Å². The average Bonchev–Trinajstić information content (AvgIpc) is 3.20. The summed E-state index contributed by atoms with van der Waals surface area (Å²) in [6.07, 6.45) is 0.0722. The second kappa shape index (κ2) is 7.83. The Morgan fingerprint density at radius 1 is 0.931 bits per heavy atom. The predicted octanol–water partition coefficient (Wildman–Crippen LogP) is 1.76. The number of carbonyl (C=O) groups excluding carboxylic acids is 1. The van der Waals surface area contributed by atoms with E-state index < -0.39 is 12.0 Å². The summed E-state index contributed by atoms with van der Waals surface area (Å²) in [5.41, 5.74) is 1.66. The van der Waals surface area contributed by atoms with Gasteiger partial charge in [0.2, 0.25) is 0 Å². The number of nitrogens with zero attached hydrogens (tertiary/aromatic N) is 4. The lowest BCUT2D eigenvalue weighted by atomic mass is 10.1. The monoisotopic (exact) mass is 394 g/mol. The molecule has 0 saturated carbocycles. The van der Waals surface area contributed by atoms with E-state index in [0.29, 0.717) is 31.9 Å². The van der Waals surface area contributed by atoms with Gasteiger partial charge in [0.05, 0.1) is 11.4 Å². The molecule has 2 heterocycles. The Kier molecular flexibility index (Phi) is 5.07. The number of aliphatic carboxylic acids is 1. The van der Waals surface area contributed by atoms with Gasteiger partial charge in [-0.05, 0) is 24.3 Å². The lowest BCUT2D eigenvalue weighted by molar-refractivity contribution is -0.138. The Balaban J connectivity index is 1.46. The quantitative estimate of drug-likeness (QED) is 0.820. The normalized spacial score (nSPS) is 19.2. The smallest absolute Gasteiger partial charge is 0.328 e. The second-order valence-electron chi connectivity index (χ2n) is 7.05. The maximum absolute atomic E-state index is 13.0. The molecule has 1 atom stereocenters. The van der Waals surface area contributed by atoms with Crippen molar-refractivity contribution in [3.63, 3.8) is 0 Å². The van der Waals surface area contributed by atoms with E-state index in [1.807, 2.05) is 35.2 Å². The lowest BCUT2D eigenvalue weighted by Crippen LogP contribution is -2.50. The molecule has 1 saturated heterocycles. The molecule has 2 aliphatic rings. The van der Waals surface area contributed by atoms with Crippen LogP contribution in [0.2, 0.25) is 0 Å². The van der Waals surface area contributed by atoms with Crippen molar-refractivity contribution in [2.24, 2.45) is 5.10 Å². The van der Waals surface area contributed by atoms with Crippen molar-refractivity contribution < 1.29 is 19.8 Å². The molecule has 0 bridgehead atoms. The largest absolute Gasteiger partial charge is 0.506 e. The number of para-hydroxylation sites is 3. The molecule has 2 aromatic carbocycles. The first-order valence-corrected chi connectivity index (χ1v) is 9.51. The van der Waals surface area contributed by atoms with E-state index in [1.165, 1.54) is 5.01 Å². The molecule has 29 heavy (non-hydrogen) atoms. The number of hydrogen-bond donors (Lipinski definition) is 2. The van der Waals surface area contributed by atoms with Gasteiger partial charge in [-0.1, -0.05) is 30.3 Å². The molecule has 8 nitrogen and oxygen atoms in total. The van der Waals surface area contributed by atoms with Gasteiger partial charge >= 0.3 is 5.97 Å². The molecule has 0 aliphatic carbocycles. The highest BCUT2D eigenvalue weighted by molar-refractivity contribution is 6.40. The third kappa shape index (κ3) is 3.73. The fraction of sp³-hybridized carbons (Fsp3) is 0.286. The Labute approximate surface area is 168 Å². The van der Waals surface area contributed by atoms with Crippen molar-refractivity contribution in [1.29, 1.82) is 0 Å². The summed E-state index contributed by atoms with van der Waals surface area (Å²) < 4.78 is 0. The van der Waals surface area contributed by atoms with Crippen molar-refractivity contribution in [3.05, 3.63) is 54.6 Å². The average molecular weight is 394 g/mol. The van der Waals surface area contributed by atoms with Gasteiger partial charge in [0.1, 0.15) is 11.5 Å². The number of phenolic OH excluding ortho intramolecular Hbond substituents is 1. The fourth-order valence-corrected chi connectivity index (χ4v) is 3.72. The number of hydrogen-bond acceptors (Lipinski definition) is 6. The van der Waals surface area contributed by atoms with E-state index in [-0.39, 0.29) is 23.8 Å². The molecule has 1 amide bonds. The SMILES string of the molecule is O=C(O)C1CC(C(=O)N2CCN(c3ccccc3O)CC2)=NN1c1ccccc1. The number of piperazine rings is 1. The summed E-state index contributed by atoms with van der Waals surface area (Å²) in [6.45, 7) is 2.13. The molecule has 150 valence electrons. The standard InChI is InChI=1S/C21H22N4O4/c26-19-9-5-4-8-17(19)23-10-12-24(13-11-23)20(27)16-14-18(21(28)29)25(22-16)15-6-2-1-3-7-15/h1-9,18,26H,10-14H2,(H,28,29). The Bertz CT molecular complexity index is 939. The number of benzene rings is 2. The van der Waals surface area contributed by atoms with Crippen molar-refractivity contribution in [1.82, 2.24) is 4.90 Å². The van der Waals surface area contributed by atoms with E-state index in [4.69, 9.17) is 0 Å². The van der Waals surface area contributed by atoms with Crippen molar-refractivity contribution >= 4 is 29.0 Å². The number of amides is 1. The first kappa shape index (κ1) is 18.8. The highest BCUT2D eigenvalue weighted by atomic mass is 16.4. The molecule has 8 heteroatoms. The van der Waals surface area contributed by atoms with Gasteiger partial charge in [-0.2, -0.15) is 5.10 Å². The predicted molar refractivity (Wildman–Crippen MR) is 109 cm³/mol. The molecule has 1 unspecified atom stereocenters. The van der Waals surface area contributed by atoms with Crippen molar-refractivity contribution in [3.8, 4) is 5.75 Å². The minimum Gasteiger partial charge on any atom is -0.506 e. The van der Waals surface area contributed by atoms with Crippen LogP contribution in [-0.2, 0) is 9.59 Å². The van der Waals surface area contributed by atoms with Crippen LogP contribution in [0, 0.1) is 0 Å².